The molecule has 0 saturated heterocycles. The van der Waals surface area contributed by atoms with Crippen molar-refractivity contribution in [2.24, 2.45) is 5.92 Å². The lowest BCUT2D eigenvalue weighted by atomic mass is 10.0. The third-order valence-corrected chi connectivity index (χ3v) is 7.07. The average Bonchev–Trinajstić information content (AvgIpc) is 2.93. The van der Waals surface area contributed by atoms with E-state index in [1.54, 1.807) is 7.11 Å². The second-order valence-electron chi connectivity index (χ2n) is 10.5. The molecule has 2 amide bonds. The maximum Gasteiger partial charge on any atom is 0.242 e. The van der Waals surface area contributed by atoms with Gasteiger partial charge in [-0.3, -0.25) is 9.59 Å². The average molecular weight is 539 g/mol. The van der Waals surface area contributed by atoms with Gasteiger partial charge in [-0.15, -0.1) is 0 Å². The molecule has 4 N–H and O–H groups in total. The van der Waals surface area contributed by atoms with Gasteiger partial charge in [0.2, 0.25) is 11.8 Å². The van der Waals surface area contributed by atoms with E-state index in [1.165, 1.54) is 5.56 Å². The van der Waals surface area contributed by atoms with Gasteiger partial charge < -0.3 is 30.7 Å². The Hall–Kier alpha value is -3.10. The molecule has 0 aromatic heterocycles. The van der Waals surface area contributed by atoms with Gasteiger partial charge in [-0.25, -0.2) is 0 Å². The SMILES string of the molecule is CCC[C@@H]1NC(=O)[C@@H](C(C)C)NC[C@@H](Cc2ccc(OC)cc2)NCCOc2ccccc2CCCNC1=O. The van der Waals surface area contributed by atoms with Crippen molar-refractivity contribution in [2.75, 3.05) is 33.4 Å². The zero-order valence-corrected chi connectivity index (χ0v) is 23.9. The predicted molar refractivity (Wildman–Crippen MR) is 155 cm³/mol. The minimum Gasteiger partial charge on any atom is -0.497 e. The first-order chi connectivity index (χ1) is 18.9. The molecule has 2 aromatic rings. The summed E-state index contributed by atoms with van der Waals surface area (Å²) < 4.78 is 11.5. The smallest absolute Gasteiger partial charge is 0.242 e. The number of hydrogen-bond donors (Lipinski definition) is 4. The first-order valence-electron chi connectivity index (χ1n) is 14.3. The van der Waals surface area contributed by atoms with E-state index in [1.807, 2.05) is 51.1 Å². The van der Waals surface area contributed by atoms with Crippen molar-refractivity contribution < 1.29 is 19.1 Å². The molecule has 8 nitrogen and oxygen atoms in total. The Balaban J connectivity index is 1.79. The third-order valence-electron chi connectivity index (χ3n) is 7.07. The van der Waals surface area contributed by atoms with Gasteiger partial charge in [-0.2, -0.15) is 0 Å². The minimum absolute atomic E-state index is 0.0578. The molecule has 0 saturated carbocycles. The van der Waals surface area contributed by atoms with Gasteiger partial charge in [0.25, 0.3) is 0 Å². The second kappa shape index (κ2) is 16.1. The number of carbonyl (C=O) groups excluding carboxylic acids is 2. The molecular formula is C31H46N4O4. The zero-order valence-electron chi connectivity index (χ0n) is 23.9. The number of rotatable bonds is 6. The van der Waals surface area contributed by atoms with Gasteiger partial charge in [0, 0.05) is 25.7 Å². The highest BCUT2D eigenvalue weighted by atomic mass is 16.5. The van der Waals surface area contributed by atoms with Crippen molar-refractivity contribution in [3.63, 3.8) is 0 Å². The number of hydrogen-bond acceptors (Lipinski definition) is 6. The fraction of sp³-hybridized carbons (Fsp3) is 0.548. The maximum atomic E-state index is 13.3. The molecule has 3 rings (SSSR count). The number of fused-ring (bicyclic) bond motifs is 1. The summed E-state index contributed by atoms with van der Waals surface area (Å²) in [5.41, 5.74) is 2.30. The Labute approximate surface area is 233 Å². The predicted octanol–water partition coefficient (Wildman–Crippen LogP) is 3.24. The van der Waals surface area contributed by atoms with Crippen LogP contribution in [0, 0.1) is 5.92 Å². The van der Waals surface area contributed by atoms with Gasteiger partial charge in [0.05, 0.1) is 13.2 Å². The van der Waals surface area contributed by atoms with Crippen LogP contribution in [0.4, 0.5) is 0 Å². The summed E-state index contributed by atoms with van der Waals surface area (Å²) in [5.74, 6) is 1.50. The van der Waals surface area contributed by atoms with Crippen LogP contribution in [-0.4, -0.2) is 63.3 Å². The van der Waals surface area contributed by atoms with Gasteiger partial charge in [-0.05, 0) is 60.9 Å². The molecular weight excluding hydrogens is 492 g/mol. The lowest BCUT2D eigenvalue weighted by Gasteiger charge is -2.28. The van der Waals surface area contributed by atoms with E-state index in [9.17, 15) is 9.59 Å². The summed E-state index contributed by atoms with van der Waals surface area (Å²) in [6, 6.07) is 15.3. The van der Waals surface area contributed by atoms with Gasteiger partial charge >= 0.3 is 0 Å². The molecule has 0 fully saturated rings. The highest BCUT2D eigenvalue weighted by molar-refractivity contribution is 5.89. The molecule has 1 aliphatic rings. The number of aryl methyl sites for hydroxylation is 1. The van der Waals surface area contributed by atoms with E-state index < -0.39 is 12.1 Å². The van der Waals surface area contributed by atoms with Crippen LogP contribution in [-0.2, 0) is 22.4 Å². The van der Waals surface area contributed by atoms with Gasteiger partial charge in [0.15, 0.2) is 0 Å². The molecule has 0 unspecified atom stereocenters. The number of amides is 2. The Morgan fingerprint density at radius 1 is 1.00 bits per heavy atom. The number of carbonyl (C=O) groups is 2. The maximum absolute atomic E-state index is 13.3. The first kappa shape index (κ1) is 30.4. The largest absolute Gasteiger partial charge is 0.497 e. The van der Waals surface area contributed by atoms with Crippen LogP contribution in [0.1, 0.15) is 51.2 Å². The van der Waals surface area contributed by atoms with Crippen molar-refractivity contribution in [3.8, 4) is 11.5 Å². The van der Waals surface area contributed by atoms with Crippen molar-refractivity contribution in [1.29, 1.82) is 0 Å². The van der Waals surface area contributed by atoms with Crippen LogP contribution in [0.2, 0.25) is 0 Å². The number of benzene rings is 2. The van der Waals surface area contributed by atoms with Crippen LogP contribution in [0.3, 0.4) is 0 Å². The molecule has 1 aliphatic heterocycles. The normalized spacial score (nSPS) is 22.0. The molecule has 3 atom stereocenters. The van der Waals surface area contributed by atoms with E-state index >= 15 is 0 Å². The molecule has 0 bridgehead atoms. The Bertz CT molecular complexity index is 1030. The molecule has 214 valence electrons. The summed E-state index contributed by atoms with van der Waals surface area (Å²) in [6.45, 7) is 8.40. The van der Waals surface area contributed by atoms with Crippen molar-refractivity contribution in [2.45, 2.75) is 71.0 Å². The van der Waals surface area contributed by atoms with E-state index in [4.69, 9.17) is 9.47 Å². The van der Waals surface area contributed by atoms with E-state index in [2.05, 4.69) is 39.5 Å². The third kappa shape index (κ3) is 9.86. The van der Waals surface area contributed by atoms with Crippen molar-refractivity contribution in [3.05, 3.63) is 59.7 Å². The lowest BCUT2D eigenvalue weighted by molar-refractivity contribution is -0.130. The summed E-state index contributed by atoms with van der Waals surface area (Å²) in [6.07, 6.45) is 3.77. The molecule has 1 heterocycles. The summed E-state index contributed by atoms with van der Waals surface area (Å²) >= 11 is 0. The summed E-state index contributed by atoms with van der Waals surface area (Å²) in [5, 5.41) is 13.2. The molecule has 0 spiro atoms. The van der Waals surface area contributed by atoms with Crippen LogP contribution in [0.25, 0.3) is 0 Å². The number of para-hydroxylation sites is 1. The van der Waals surface area contributed by atoms with Gasteiger partial charge in [-0.1, -0.05) is 57.5 Å². The number of nitrogens with one attached hydrogen (secondary N) is 4. The minimum atomic E-state index is -0.548. The summed E-state index contributed by atoms with van der Waals surface area (Å²) in [7, 11) is 1.66. The van der Waals surface area contributed by atoms with Crippen molar-refractivity contribution >= 4 is 11.8 Å². The number of ether oxygens (including phenoxy) is 2. The fourth-order valence-corrected chi connectivity index (χ4v) is 4.87. The standard InChI is InChI=1S/C31H46N4O4/c1-5-9-27-30(36)33-17-8-11-24-10-6-7-12-28(24)39-19-18-32-25(20-23-13-15-26(38-4)16-14-23)21-34-29(22(2)3)31(37)35-27/h6-7,10,12-16,22,25,27,29,32,34H,5,8-9,11,17-21H2,1-4H3,(H,33,36)(H,35,37)/t25-,27+,29-/m1/s1. The highest BCUT2D eigenvalue weighted by Gasteiger charge is 2.27. The van der Waals surface area contributed by atoms with Crippen molar-refractivity contribution in [1.82, 2.24) is 21.3 Å². The zero-order chi connectivity index (χ0) is 28.0. The van der Waals surface area contributed by atoms with Crippen LogP contribution < -0.4 is 30.7 Å². The monoisotopic (exact) mass is 538 g/mol. The van der Waals surface area contributed by atoms with Crippen LogP contribution >= 0.6 is 0 Å². The van der Waals surface area contributed by atoms with E-state index in [0.29, 0.717) is 32.7 Å². The molecule has 8 heteroatoms. The first-order valence-corrected chi connectivity index (χ1v) is 14.3. The Morgan fingerprint density at radius 3 is 2.49 bits per heavy atom. The quantitative estimate of drug-likeness (QED) is 0.451. The fourth-order valence-electron chi connectivity index (χ4n) is 4.87. The lowest BCUT2D eigenvalue weighted by Crippen LogP contribution is -2.56. The van der Waals surface area contributed by atoms with Crippen LogP contribution in [0.5, 0.6) is 11.5 Å². The second-order valence-corrected chi connectivity index (χ2v) is 10.5. The summed E-state index contributed by atoms with van der Waals surface area (Å²) in [4.78, 5) is 26.3. The molecule has 39 heavy (non-hydrogen) atoms. The van der Waals surface area contributed by atoms with Crippen LogP contribution in [0.15, 0.2) is 48.5 Å². The topological polar surface area (TPSA) is 101 Å². The van der Waals surface area contributed by atoms with E-state index in [-0.39, 0.29) is 23.8 Å². The molecule has 2 aromatic carbocycles. The number of methoxy groups -OCH3 is 1. The molecule has 0 aliphatic carbocycles. The highest BCUT2D eigenvalue weighted by Crippen LogP contribution is 2.19. The van der Waals surface area contributed by atoms with Gasteiger partial charge in [0.1, 0.15) is 24.1 Å². The van der Waals surface area contributed by atoms with E-state index in [0.717, 1.165) is 42.7 Å². The Kier molecular flexibility index (Phi) is 12.6. The Morgan fingerprint density at radius 2 is 1.77 bits per heavy atom. The molecule has 0 radical (unpaired) electrons.